The highest BCUT2D eigenvalue weighted by Crippen LogP contribution is 2.39. The van der Waals surface area contributed by atoms with Gasteiger partial charge in [-0.25, -0.2) is 0 Å². The Morgan fingerprint density at radius 1 is 0.326 bits per heavy atom. The summed E-state index contributed by atoms with van der Waals surface area (Å²) in [5, 5.41) is 7.48. The van der Waals surface area contributed by atoms with Crippen LogP contribution in [0.15, 0.2) is 182 Å². The maximum absolute atomic E-state index is 2.38. The third-order valence-corrected chi connectivity index (χ3v) is 9.13. The summed E-state index contributed by atoms with van der Waals surface area (Å²) in [5.41, 5.74) is 9.36. The highest BCUT2D eigenvalue weighted by Gasteiger charge is 2.15. The molecule has 0 N–H and O–H groups in total. The van der Waals surface area contributed by atoms with Gasteiger partial charge in [0.1, 0.15) is 0 Å². The smallest absolute Gasteiger partial charge is 0.0541 e. The average Bonchev–Trinajstić information content (AvgIpc) is 3.46. The van der Waals surface area contributed by atoms with E-state index in [-0.39, 0.29) is 0 Å². The lowest BCUT2D eigenvalue weighted by Crippen LogP contribution is -2.09. The second-order valence-corrected chi connectivity index (χ2v) is 11.9. The van der Waals surface area contributed by atoms with Gasteiger partial charge >= 0.3 is 0 Å². The summed E-state index contributed by atoms with van der Waals surface area (Å²) in [7, 11) is 0. The van der Waals surface area contributed by atoms with Gasteiger partial charge in [-0.3, -0.25) is 0 Å². The van der Waals surface area contributed by atoms with Crippen molar-refractivity contribution in [3.63, 3.8) is 0 Å². The molecule has 0 unspecified atom stereocenters. The normalized spacial score (nSPS) is 11.5. The summed E-state index contributed by atoms with van der Waals surface area (Å²) in [5.74, 6) is 0. The van der Waals surface area contributed by atoms with Gasteiger partial charge in [-0.1, -0.05) is 121 Å². The summed E-state index contributed by atoms with van der Waals surface area (Å²) in [6.45, 7) is 0. The average molecular weight is 587 g/mol. The first kappa shape index (κ1) is 26.3. The van der Waals surface area contributed by atoms with Crippen LogP contribution in [0, 0.1) is 0 Å². The first-order chi connectivity index (χ1) is 22.8. The van der Waals surface area contributed by atoms with Crippen LogP contribution in [0.1, 0.15) is 0 Å². The highest BCUT2D eigenvalue weighted by atomic mass is 15.1. The lowest BCUT2D eigenvalue weighted by atomic mass is 10.0. The molecular formula is C44H30N2. The molecule has 0 saturated carbocycles. The molecule has 0 saturated heterocycles. The molecule has 1 heterocycles. The van der Waals surface area contributed by atoms with Crippen LogP contribution >= 0.6 is 0 Å². The highest BCUT2D eigenvalue weighted by molar-refractivity contribution is 6.09. The van der Waals surface area contributed by atoms with E-state index in [1.54, 1.807) is 0 Å². The molecule has 8 aromatic carbocycles. The van der Waals surface area contributed by atoms with Crippen LogP contribution in [-0.2, 0) is 0 Å². The largest absolute Gasteiger partial charge is 0.310 e. The van der Waals surface area contributed by atoms with Crippen molar-refractivity contribution in [1.82, 2.24) is 4.57 Å². The minimum absolute atomic E-state index is 1.12. The van der Waals surface area contributed by atoms with Crippen molar-refractivity contribution >= 4 is 60.4 Å². The first-order valence-corrected chi connectivity index (χ1v) is 15.8. The molecule has 0 aliphatic rings. The van der Waals surface area contributed by atoms with Gasteiger partial charge in [0.05, 0.1) is 11.0 Å². The second-order valence-electron chi connectivity index (χ2n) is 11.9. The molecule has 0 radical (unpaired) electrons. The summed E-state index contributed by atoms with van der Waals surface area (Å²) < 4.78 is 2.38. The molecule has 2 nitrogen and oxygen atoms in total. The summed E-state index contributed by atoms with van der Waals surface area (Å²) in [6.07, 6.45) is 0. The second kappa shape index (κ2) is 10.8. The maximum Gasteiger partial charge on any atom is 0.0541 e. The minimum Gasteiger partial charge on any atom is -0.310 e. The Morgan fingerprint density at radius 2 is 0.826 bits per heavy atom. The van der Waals surface area contributed by atoms with E-state index in [4.69, 9.17) is 0 Å². The Morgan fingerprint density at radius 3 is 1.41 bits per heavy atom. The van der Waals surface area contributed by atoms with Crippen molar-refractivity contribution in [3.8, 4) is 16.8 Å². The Hall–Kier alpha value is -6.12. The third kappa shape index (κ3) is 4.43. The van der Waals surface area contributed by atoms with Crippen LogP contribution in [0.4, 0.5) is 17.1 Å². The Kier molecular flexibility index (Phi) is 6.17. The predicted molar refractivity (Wildman–Crippen MR) is 196 cm³/mol. The van der Waals surface area contributed by atoms with Gasteiger partial charge in [-0.15, -0.1) is 0 Å². The van der Waals surface area contributed by atoms with Crippen molar-refractivity contribution in [2.75, 3.05) is 4.90 Å². The van der Waals surface area contributed by atoms with Gasteiger partial charge in [-0.05, 0) is 93.3 Å². The molecule has 0 aliphatic heterocycles. The van der Waals surface area contributed by atoms with E-state index in [2.05, 4.69) is 191 Å². The zero-order chi connectivity index (χ0) is 30.5. The zero-order valence-electron chi connectivity index (χ0n) is 25.2. The molecule has 0 atom stereocenters. The predicted octanol–water partition coefficient (Wildman–Crippen LogP) is 12.2. The molecule has 0 amide bonds. The number of aromatic nitrogens is 1. The Bertz CT molecular complexity index is 2410. The van der Waals surface area contributed by atoms with E-state index in [0.717, 1.165) is 22.7 Å². The van der Waals surface area contributed by atoms with E-state index < -0.39 is 0 Å². The number of benzene rings is 8. The van der Waals surface area contributed by atoms with E-state index in [0.29, 0.717) is 0 Å². The fourth-order valence-electron chi connectivity index (χ4n) is 6.91. The number of fused-ring (bicyclic) bond motifs is 5. The molecular weight excluding hydrogens is 556 g/mol. The van der Waals surface area contributed by atoms with Crippen LogP contribution < -0.4 is 4.90 Å². The molecule has 46 heavy (non-hydrogen) atoms. The molecule has 1 aromatic heterocycles. The summed E-state index contributed by atoms with van der Waals surface area (Å²) in [6, 6.07) is 65.8. The van der Waals surface area contributed by atoms with Crippen LogP contribution in [0.3, 0.4) is 0 Å². The van der Waals surface area contributed by atoms with E-state index in [1.807, 2.05) is 0 Å². The lowest BCUT2D eigenvalue weighted by molar-refractivity contribution is 1.18. The number of nitrogens with zero attached hydrogens (tertiary/aromatic N) is 2. The Balaban J connectivity index is 1.14. The van der Waals surface area contributed by atoms with Gasteiger partial charge in [0, 0.05) is 33.5 Å². The topological polar surface area (TPSA) is 8.17 Å². The molecule has 0 fully saturated rings. The van der Waals surface area contributed by atoms with Crippen LogP contribution in [0.5, 0.6) is 0 Å². The monoisotopic (exact) mass is 586 g/mol. The number of hydrogen-bond donors (Lipinski definition) is 0. The standard InChI is InChI=1S/C44H30N2/c1-3-12-34-29-39(26-22-31(34)10-1)45(40-27-23-32-11-2-4-13-35(32)30-40)37-24-20-33(21-25-37)36-14-9-15-38(28-36)46-43-18-7-5-16-41(43)42-17-6-8-19-44(42)46/h1-30H. The van der Waals surface area contributed by atoms with Crippen molar-refractivity contribution in [2.24, 2.45) is 0 Å². The minimum atomic E-state index is 1.12. The number of hydrogen-bond acceptors (Lipinski definition) is 1. The molecule has 216 valence electrons. The Labute approximate surface area is 268 Å². The van der Waals surface area contributed by atoms with Crippen molar-refractivity contribution in [3.05, 3.63) is 182 Å². The quantitative estimate of drug-likeness (QED) is 0.195. The van der Waals surface area contributed by atoms with Crippen molar-refractivity contribution < 1.29 is 0 Å². The van der Waals surface area contributed by atoms with E-state index >= 15 is 0 Å². The molecule has 9 rings (SSSR count). The first-order valence-electron chi connectivity index (χ1n) is 15.8. The maximum atomic E-state index is 2.38. The van der Waals surface area contributed by atoms with Gasteiger partial charge in [0.15, 0.2) is 0 Å². The fraction of sp³-hybridized carbons (Fsp3) is 0. The van der Waals surface area contributed by atoms with E-state index in [1.165, 1.54) is 54.5 Å². The third-order valence-electron chi connectivity index (χ3n) is 9.13. The van der Waals surface area contributed by atoms with Crippen molar-refractivity contribution in [1.29, 1.82) is 0 Å². The van der Waals surface area contributed by atoms with Crippen LogP contribution in [0.2, 0.25) is 0 Å². The molecule has 0 aliphatic carbocycles. The van der Waals surface area contributed by atoms with E-state index in [9.17, 15) is 0 Å². The van der Waals surface area contributed by atoms with Crippen LogP contribution in [0.25, 0.3) is 60.2 Å². The lowest BCUT2D eigenvalue weighted by Gasteiger charge is -2.26. The van der Waals surface area contributed by atoms with Crippen LogP contribution in [-0.4, -0.2) is 4.57 Å². The summed E-state index contributed by atoms with van der Waals surface area (Å²) in [4.78, 5) is 2.36. The van der Waals surface area contributed by atoms with Gasteiger partial charge in [0.2, 0.25) is 0 Å². The molecule has 0 spiro atoms. The molecule has 2 heteroatoms. The molecule has 0 bridgehead atoms. The number of rotatable bonds is 5. The van der Waals surface area contributed by atoms with Gasteiger partial charge in [-0.2, -0.15) is 0 Å². The SMILES string of the molecule is c1cc(-c2ccc(N(c3ccc4ccccc4c3)c3ccc4ccccc4c3)cc2)cc(-n2c3ccccc3c3ccccc32)c1. The fourth-order valence-corrected chi connectivity index (χ4v) is 6.91. The summed E-state index contributed by atoms with van der Waals surface area (Å²) >= 11 is 0. The van der Waals surface area contributed by atoms with Gasteiger partial charge < -0.3 is 9.47 Å². The van der Waals surface area contributed by atoms with Gasteiger partial charge in [0.25, 0.3) is 0 Å². The number of anilines is 3. The number of para-hydroxylation sites is 2. The zero-order valence-corrected chi connectivity index (χ0v) is 25.2. The molecule has 9 aromatic rings. The van der Waals surface area contributed by atoms with Crippen molar-refractivity contribution in [2.45, 2.75) is 0 Å².